The first-order chi connectivity index (χ1) is 14.9. The summed E-state index contributed by atoms with van der Waals surface area (Å²) >= 11 is 0. The summed E-state index contributed by atoms with van der Waals surface area (Å²) in [5.41, 5.74) is 8.24. The van der Waals surface area contributed by atoms with Gasteiger partial charge in [0, 0.05) is 43.9 Å². The molecule has 0 saturated heterocycles. The highest BCUT2D eigenvalue weighted by atomic mass is 16.3. The van der Waals surface area contributed by atoms with Crippen LogP contribution in [-0.4, -0.2) is 29.5 Å². The Bertz CT molecular complexity index is 1410. The average Bonchev–Trinajstić information content (AvgIpc) is 3.42. The lowest BCUT2D eigenvalue weighted by atomic mass is 10.1. The van der Waals surface area contributed by atoms with Crippen LogP contribution in [0.2, 0.25) is 0 Å². The van der Waals surface area contributed by atoms with Crippen molar-refractivity contribution in [2.75, 3.05) is 5.32 Å². The van der Waals surface area contributed by atoms with Crippen LogP contribution in [0.5, 0.6) is 0 Å². The zero-order chi connectivity index (χ0) is 21.7. The molecule has 0 amide bonds. The molecule has 0 saturated carbocycles. The Labute approximate surface area is 179 Å². The fourth-order valence-corrected chi connectivity index (χ4v) is 3.95. The summed E-state index contributed by atoms with van der Waals surface area (Å²) in [7, 11) is 1.92. The number of pyridine rings is 1. The SMILES string of the molecule is Cc1nc2c(-c3cc(NCc4cnn(C)c4)c4c(n3)c(C)nn4C(C)C)cccc2o1. The van der Waals surface area contributed by atoms with Crippen LogP contribution in [-0.2, 0) is 13.6 Å². The molecule has 0 radical (unpaired) electrons. The highest BCUT2D eigenvalue weighted by Crippen LogP contribution is 2.34. The van der Waals surface area contributed by atoms with Crippen LogP contribution in [0.3, 0.4) is 0 Å². The van der Waals surface area contributed by atoms with Crippen LogP contribution in [0.4, 0.5) is 5.69 Å². The van der Waals surface area contributed by atoms with Gasteiger partial charge in [-0.05, 0) is 32.9 Å². The van der Waals surface area contributed by atoms with Gasteiger partial charge in [0.25, 0.3) is 0 Å². The van der Waals surface area contributed by atoms with Crippen molar-refractivity contribution in [1.82, 2.24) is 29.5 Å². The molecule has 0 spiro atoms. The Morgan fingerprint density at radius 3 is 2.71 bits per heavy atom. The van der Waals surface area contributed by atoms with E-state index >= 15 is 0 Å². The van der Waals surface area contributed by atoms with E-state index in [-0.39, 0.29) is 6.04 Å². The Morgan fingerprint density at radius 1 is 1.13 bits per heavy atom. The van der Waals surface area contributed by atoms with Gasteiger partial charge in [0.15, 0.2) is 11.5 Å². The molecule has 1 N–H and O–H groups in total. The van der Waals surface area contributed by atoms with Gasteiger partial charge in [-0.2, -0.15) is 10.2 Å². The lowest BCUT2D eigenvalue weighted by Gasteiger charge is -2.14. The third-order valence-electron chi connectivity index (χ3n) is 5.35. The summed E-state index contributed by atoms with van der Waals surface area (Å²) < 4.78 is 9.58. The first-order valence-corrected chi connectivity index (χ1v) is 10.4. The summed E-state index contributed by atoms with van der Waals surface area (Å²) in [6.45, 7) is 8.77. The van der Waals surface area contributed by atoms with E-state index in [2.05, 4.69) is 35.3 Å². The fraction of sp³-hybridized carbons (Fsp3) is 0.304. The number of nitrogens with one attached hydrogen (secondary N) is 1. The lowest BCUT2D eigenvalue weighted by Crippen LogP contribution is -2.07. The number of hydrogen-bond acceptors (Lipinski definition) is 6. The second-order valence-electron chi connectivity index (χ2n) is 8.14. The molecule has 158 valence electrons. The van der Waals surface area contributed by atoms with E-state index in [1.165, 1.54) is 0 Å². The third kappa shape index (κ3) is 3.34. The molecule has 0 aliphatic rings. The maximum atomic E-state index is 5.73. The van der Waals surface area contributed by atoms with Gasteiger partial charge in [-0.1, -0.05) is 12.1 Å². The van der Waals surface area contributed by atoms with E-state index in [4.69, 9.17) is 14.5 Å². The molecule has 8 nitrogen and oxygen atoms in total. The molecule has 0 unspecified atom stereocenters. The van der Waals surface area contributed by atoms with Crippen molar-refractivity contribution in [2.45, 2.75) is 40.3 Å². The summed E-state index contributed by atoms with van der Waals surface area (Å²) in [5, 5.41) is 12.6. The van der Waals surface area contributed by atoms with E-state index < -0.39 is 0 Å². The molecule has 4 heterocycles. The number of oxazole rings is 1. The normalized spacial score (nSPS) is 11.8. The number of benzene rings is 1. The molecular weight excluding hydrogens is 390 g/mol. The molecule has 0 fully saturated rings. The molecule has 0 bridgehead atoms. The van der Waals surface area contributed by atoms with Crippen molar-refractivity contribution in [2.24, 2.45) is 7.05 Å². The Morgan fingerprint density at radius 2 is 1.97 bits per heavy atom. The van der Waals surface area contributed by atoms with Crippen molar-refractivity contribution < 1.29 is 4.42 Å². The zero-order valence-corrected chi connectivity index (χ0v) is 18.3. The molecule has 0 aliphatic carbocycles. The van der Waals surface area contributed by atoms with E-state index in [1.807, 2.05) is 56.2 Å². The first-order valence-electron chi connectivity index (χ1n) is 10.4. The molecule has 5 aromatic rings. The maximum absolute atomic E-state index is 5.73. The van der Waals surface area contributed by atoms with Gasteiger partial charge in [0.2, 0.25) is 0 Å². The van der Waals surface area contributed by atoms with Crippen LogP contribution >= 0.6 is 0 Å². The largest absolute Gasteiger partial charge is 0.441 e. The number of aryl methyl sites for hydroxylation is 3. The van der Waals surface area contributed by atoms with E-state index in [1.54, 1.807) is 4.68 Å². The Kier molecular flexibility index (Phi) is 4.50. The fourth-order valence-electron chi connectivity index (χ4n) is 3.95. The Balaban J connectivity index is 1.70. The van der Waals surface area contributed by atoms with Crippen molar-refractivity contribution in [3.63, 3.8) is 0 Å². The van der Waals surface area contributed by atoms with Crippen LogP contribution < -0.4 is 5.32 Å². The maximum Gasteiger partial charge on any atom is 0.192 e. The van der Waals surface area contributed by atoms with Gasteiger partial charge in [0.05, 0.1) is 23.3 Å². The summed E-state index contributed by atoms with van der Waals surface area (Å²) in [5.74, 6) is 0.641. The standard InChI is InChI=1S/C23H25N7O/c1-13(2)30-23-19(24-10-16-11-25-29(5)12-16)9-18(27-21(23)14(3)28-30)17-7-6-8-20-22(17)26-15(4)31-20/h6-9,11-13H,10H2,1-5H3,(H,24,27). The minimum atomic E-state index is 0.212. The highest BCUT2D eigenvalue weighted by Gasteiger charge is 2.19. The molecule has 0 aliphatic heterocycles. The molecule has 1 aromatic carbocycles. The molecule has 5 rings (SSSR count). The second kappa shape index (κ2) is 7.23. The number of anilines is 1. The topological polar surface area (TPSA) is 86.6 Å². The van der Waals surface area contributed by atoms with Gasteiger partial charge in [-0.3, -0.25) is 9.36 Å². The number of fused-ring (bicyclic) bond motifs is 2. The number of para-hydroxylation sites is 1. The minimum absolute atomic E-state index is 0.212. The third-order valence-corrected chi connectivity index (χ3v) is 5.35. The van der Waals surface area contributed by atoms with Crippen LogP contribution in [0.15, 0.2) is 41.1 Å². The van der Waals surface area contributed by atoms with Crippen molar-refractivity contribution in [1.29, 1.82) is 0 Å². The highest BCUT2D eigenvalue weighted by molar-refractivity contribution is 5.96. The van der Waals surface area contributed by atoms with Crippen molar-refractivity contribution >= 4 is 27.8 Å². The molecule has 31 heavy (non-hydrogen) atoms. The van der Waals surface area contributed by atoms with E-state index in [9.17, 15) is 0 Å². The van der Waals surface area contributed by atoms with Gasteiger partial charge in [0.1, 0.15) is 16.6 Å². The number of nitrogens with zero attached hydrogens (tertiary/aromatic N) is 6. The molecule has 8 heteroatoms. The first kappa shape index (κ1) is 19.3. The molecule has 4 aromatic heterocycles. The summed E-state index contributed by atoms with van der Waals surface area (Å²) in [4.78, 5) is 9.60. The number of hydrogen-bond donors (Lipinski definition) is 1. The minimum Gasteiger partial charge on any atom is -0.441 e. The number of aromatic nitrogens is 6. The van der Waals surface area contributed by atoms with Gasteiger partial charge < -0.3 is 9.73 Å². The van der Waals surface area contributed by atoms with Gasteiger partial charge >= 0.3 is 0 Å². The van der Waals surface area contributed by atoms with Crippen LogP contribution in [0.25, 0.3) is 33.4 Å². The summed E-state index contributed by atoms with van der Waals surface area (Å²) in [6, 6.07) is 8.23. The predicted octanol–water partition coefficient (Wildman–Crippen LogP) is 4.78. The quantitative estimate of drug-likeness (QED) is 0.444. The lowest BCUT2D eigenvalue weighted by molar-refractivity contribution is 0.547. The number of rotatable bonds is 5. The predicted molar refractivity (Wildman–Crippen MR) is 121 cm³/mol. The van der Waals surface area contributed by atoms with Gasteiger partial charge in [-0.15, -0.1) is 0 Å². The Hall–Kier alpha value is -3.68. The monoisotopic (exact) mass is 415 g/mol. The second-order valence-corrected chi connectivity index (χ2v) is 8.14. The molecule has 0 atom stereocenters. The van der Waals surface area contributed by atoms with Crippen LogP contribution in [0, 0.1) is 13.8 Å². The van der Waals surface area contributed by atoms with E-state index in [0.717, 1.165) is 50.3 Å². The van der Waals surface area contributed by atoms with E-state index in [0.29, 0.717) is 12.4 Å². The van der Waals surface area contributed by atoms with Crippen molar-refractivity contribution in [3.05, 3.63) is 53.8 Å². The molecular formula is C23H25N7O. The van der Waals surface area contributed by atoms with Gasteiger partial charge in [-0.25, -0.2) is 9.97 Å². The van der Waals surface area contributed by atoms with Crippen molar-refractivity contribution in [3.8, 4) is 11.3 Å². The average molecular weight is 416 g/mol. The smallest absolute Gasteiger partial charge is 0.192 e. The van der Waals surface area contributed by atoms with Crippen LogP contribution in [0.1, 0.15) is 37.0 Å². The zero-order valence-electron chi connectivity index (χ0n) is 18.3. The summed E-state index contributed by atoms with van der Waals surface area (Å²) in [6.07, 6.45) is 3.88.